The normalized spacial score (nSPS) is 12.0. The van der Waals surface area contributed by atoms with Crippen molar-refractivity contribution in [3.05, 3.63) is 70.2 Å². The van der Waals surface area contributed by atoms with Gasteiger partial charge in [0.15, 0.2) is 0 Å². The van der Waals surface area contributed by atoms with Gasteiger partial charge >= 0.3 is 0 Å². The molecule has 0 bridgehead atoms. The summed E-state index contributed by atoms with van der Waals surface area (Å²) in [7, 11) is 1.79. The number of nitrogens with two attached hydrogens (primary N) is 1. The molecule has 0 aliphatic heterocycles. The van der Waals surface area contributed by atoms with Crippen LogP contribution in [0.4, 0.5) is 0 Å². The highest BCUT2D eigenvalue weighted by atomic mass is 79.9. The lowest BCUT2D eigenvalue weighted by Gasteiger charge is -2.21. The second-order valence-corrected chi connectivity index (χ2v) is 6.03. The third-order valence-electron chi connectivity index (χ3n) is 3.32. The van der Waals surface area contributed by atoms with Gasteiger partial charge < -0.3 is 10.6 Å². The van der Waals surface area contributed by atoms with Crippen molar-refractivity contribution >= 4 is 21.8 Å². The van der Waals surface area contributed by atoms with Crippen LogP contribution in [-0.2, 0) is 17.8 Å². The molecule has 0 radical (unpaired) electrons. The van der Waals surface area contributed by atoms with Crippen LogP contribution in [0.1, 0.15) is 11.1 Å². The zero-order chi connectivity index (χ0) is 15.2. The van der Waals surface area contributed by atoms with Crippen molar-refractivity contribution in [2.45, 2.75) is 19.0 Å². The molecule has 0 aromatic heterocycles. The van der Waals surface area contributed by atoms with E-state index in [2.05, 4.69) is 15.9 Å². The van der Waals surface area contributed by atoms with Gasteiger partial charge in [0.25, 0.3) is 0 Å². The van der Waals surface area contributed by atoms with E-state index in [0.717, 1.165) is 15.6 Å². The number of halogens is 1. The highest BCUT2D eigenvalue weighted by molar-refractivity contribution is 9.10. The lowest BCUT2D eigenvalue weighted by atomic mass is 10.1. The Morgan fingerprint density at radius 3 is 2.33 bits per heavy atom. The third kappa shape index (κ3) is 4.69. The summed E-state index contributed by atoms with van der Waals surface area (Å²) in [6.07, 6.45) is 0.560. The van der Waals surface area contributed by atoms with E-state index in [9.17, 15) is 4.79 Å². The van der Waals surface area contributed by atoms with Gasteiger partial charge in [-0.25, -0.2) is 0 Å². The molecular weight excluding hydrogens is 328 g/mol. The van der Waals surface area contributed by atoms with Crippen molar-refractivity contribution in [2.24, 2.45) is 5.73 Å². The van der Waals surface area contributed by atoms with E-state index in [1.165, 1.54) is 0 Å². The number of carbonyl (C=O) groups is 1. The summed E-state index contributed by atoms with van der Waals surface area (Å²) in [6, 6.07) is 17.3. The molecule has 0 aliphatic rings. The summed E-state index contributed by atoms with van der Waals surface area (Å²) in [5.74, 6) is -0.0400. The lowest BCUT2D eigenvalue weighted by Crippen LogP contribution is -2.42. The van der Waals surface area contributed by atoms with Crippen LogP contribution in [0.2, 0.25) is 0 Å². The fraction of sp³-hybridized carbons (Fsp3) is 0.235. The van der Waals surface area contributed by atoms with E-state index in [1.54, 1.807) is 11.9 Å². The van der Waals surface area contributed by atoms with Crippen molar-refractivity contribution in [2.75, 3.05) is 7.05 Å². The SMILES string of the molecule is CN(Cc1ccc(Br)cc1)C(=O)[C@@H](N)Cc1ccccc1. The first kappa shape index (κ1) is 15.7. The largest absolute Gasteiger partial charge is 0.340 e. The second kappa shape index (κ2) is 7.38. The predicted molar refractivity (Wildman–Crippen MR) is 88.7 cm³/mol. The van der Waals surface area contributed by atoms with Crippen LogP contribution in [0, 0.1) is 0 Å². The predicted octanol–water partition coefficient (Wildman–Crippen LogP) is 2.98. The lowest BCUT2D eigenvalue weighted by molar-refractivity contribution is -0.131. The Morgan fingerprint density at radius 2 is 1.71 bits per heavy atom. The number of benzene rings is 2. The molecule has 0 saturated heterocycles. The minimum atomic E-state index is -0.507. The maximum absolute atomic E-state index is 12.3. The van der Waals surface area contributed by atoms with Crippen LogP contribution in [-0.4, -0.2) is 23.9 Å². The number of rotatable bonds is 5. The van der Waals surface area contributed by atoms with Gasteiger partial charge in [0, 0.05) is 18.1 Å². The first-order chi connectivity index (χ1) is 10.1. The van der Waals surface area contributed by atoms with Gasteiger partial charge in [0.1, 0.15) is 0 Å². The van der Waals surface area contributed by atoms with Gasteiger partial charge in [0.05, 0.1) is 6.04 Å². The van der Waals surface area contributed by atoms with E-state index in [4.69, 9.17) is 5.73 Å². The van der Waals surface area contributed by atoms with Crippen molar-refractivity contribution in [3.8, 4) is 0 Å². The number of hydrogen-bond acceptors (Lipinski definition) is 2. The van der Waals surface area contributed by atoms with Crippen molar-refractivity contribution in [1.82, 2.24) is 4.90 Å². The average molecular weight is 347 g/mol. The summed E-state index contributed by atoms with van der Waals surface area (Å²) >= 11 is 3.40. The number of likely N-dealkylation sites (N-methyl/N-ethyl adjacent to an activating group) is 1. The van der Waals surface area contributed by atoms with Crippen LogP contribution in [0.15, 0.2) is 59.1 Å². The Balaban J connectivity index is 1.93. The molecule has 0 saturated carbocycles. The van der Waals surface area contributed by atoms with Gasteiger partial charge in [0.2, 0.25) is 5.91 Å². The van der Waals surface area contributed by atoms with Crippen molar-refractivity contribution < 1.29 is 4.79 Å². The molecule has 0 unspecified atom stereocenters. The zero-order valence-electron chi connectivity index (χ0n) is 12.0. The van der Waals surface area contributed by atoms with Gasteiger partial charge in [-0.05, 0) is 29.7 Å². The summed E-state index contributed by atoms with van der Waals surface area (Å²) in [4.78, 5) is 14.0. The quantitative estimate of drug-likeness (QED) is 0.904. The third-order valence-corrected chi connectivity index (χ3v) is 3.85. The van der Waals surface area contributed by atoms with Gasteiger partial charge in [-0.2, -0.15) is 0 Å². The molecule has 110 valence electrons. The first-order valence-electron chi connectivity index (χ1n) is 6.85. The Hall–Kier alpha value is -1.65. The van der Waals surface area contributed by atoms with Crippen LogP contribution in [0.25, 0.3) is 0 Å². The Bertz CT molecular complexity index is 583. The summed E-state index contributed by atoms with van der Waals surface area (Å²) in [6.45, 7) is 0.564. The monoisotopic (exact) mass is 346 g/mol. The molecule has 0 aliphatic carbocycles. The summed E-state index contributed by atoms with van der Waals surface area (Å²) in [5.41, 5.74) is 8.19. The molecule has 4 heteroatoms. The van der Waals surface area contributed by atoms with Gasteiger partial charge in [-0.1, -0.05) is 58.4 Å². The Morgan fingerprint density at radius 1 is 1.10 bits per heavy atom. The van der Waals surface area contributed by atoms with Crippen molar-refractivity contribution in [3.63, 3.8) is 0 Å². The molecular formula is C17H19BrN2O. The molecule has 3 nitrogen and oxygen atoms in total. The van der Waals surface area contributed by atoms with E-state index in [1.807, 2.05) is 54.6 Å². The van der Waals surface area contributed by atoms with E-state index in [-0.39, 0.29) is 5.91 Å². The highest BCUT2D eigenvalue weighted by Gasteiger charge is 2.18. The molecule has 2 aromatic rings. The molecule has 21 heavy (non-hydrogen) atoms. The van der Waals surface area contributed by atoms with Gasteiger partial charge in [-0.3, -0.25) is 4.79 Å². The number of hydrogen-bond donors (Lipinski definition) is 1. The maximum Gasteiger partial charge on any atom is 0.239 e. The van der Waals surface area contributed by atoms with Crippen molar-refractivity contribution in [1.29, 1.82) is 0 Å². The Labute approximate surface area is 133 Å². The van der Waals surface area contributed by atoms with E-state index >= 15 is 0 Å². The minimum Gasteiger partial charge on any atom is -0.340 e. The summed E-state index contributed by atoms with van der Waals surface area (Å²) < 4.78 is 1.03. The molecule has 2 aromatic carbocycles. The number of amides is 1. The highest BCUT2D eigenvalue weighted by Crippen LogP contribution is 2.12. The van der Waals surface area contributed by atoms with Crippen LogP contribution >= 0.6 is 15.9 Å². The molecule has 0 fully saturated rings. The number of carbonyl (C=O) groups excluding carboxylic acids is 1. The second-order valence-electron chi connectivity index (χ2n) is 5.12. The fourth-order valence-corrected chi connectivity index (χ4v) is 2.44. The van der Waals surface area contributed by atoms with Gasteiger partial charge in [-0.15, -0.1) is 0 Å². The first-order valence-corrected chi connectivity index (χ1v) is 7.64. The maximum atomic E-state index is 12.3. The summed E-state index contributed by atoms with van der Waals surface area (Å²) in [5, 5.41) is 0. The average Bonchev–Trinajstić information content (AvgIpc) is 2.49. The molecule has 1 atom stereocenters. The molecule has 0 spiro atoms. The molecule has 2 N–H and O–H groups in total. The van der Waals surface area contributed by atoms with Crippen LogP contribution in [0.3, 0.4) is 0 Å². The zero-order valence-corrected chi connectivity index (χ0v) is 13.6. The standard InChI is InChI=1S/C17H19BrN2O/c1-20(12-14-7-9-15(18)10-8-14)17(21)16(19)11-13-5-3-2-4-6-13/h2-10,16H,11-12,19H2,1H3/t16-/m0/s1. The van der Waals surface area contributed by atoms with Crippen LogP contribution < -0.4 is 5.73 Å². The molecule has 0 heterocycles. The van der Waals surface area contributed by atoms with Crippen LogP contribution in [0.5, 0.6) is 0 Å². The fourth-order valence-electron chi connectivity index (χ4n) is 2.18. The topological polar surface area (TPSA) is 46.3 Å². The molecule has 2 rings (SSSR count). The number of nitrogens with zero attached hydrogens (tertiary/aromatic N) is 1. The smallest absolute Gasteiger partial charge is 0.239 e. The van der Waals surface area contributed by atoms with E-state index < -0.39 is 6.04 Å². The Kier molecular flexibility index (Phi) is 5.53. The molecule has 1 amide bonds. The van der Waals surface area contributed by atoms with E-state index in [0.29, 0.717) is 13.0 Å². The minimum absolute atomic E-state index is 0.0400.